The zero-order chi connectivity index (χ0) is 11.8. The third-order valence-electron chi connectivity index (χ3n) is 2.83. The Morgan fingerprint density at radius 2 is 2.19 bits per heavy atom. The molecule has 0 amide bonds. The Balaban J connectivity index is 2.11. The molecule has 2 rings (SSSR count). The summed E-state index contributed by atoms with van der Waals surface area (Å²) in [5, 5.41) is 14.2. The van der Waals surface area contributed by atoms with Crippen LogP contribution in [-0.4, -0.2) is 24.6 Å². The molecule has 1 heterocycles. The largest absolute Gasteiger partial charge is 0.393 e. The number of aliphatic hydroxyl groups is 1. The van der Waals surface area contributed by atoms with Crippen molar-refractivity contribution in [2.75, 3.05) is 0 Å². The maximum atomic E-state index is 11.1. The van der Waals surface area contributed by atoms with Gasteiger partial charge in [-0.05, 0) is 37.3 Å². The second-order valence-electron chi connectivity index (χ2n) is 4.22. The highest BCUT2D eigenvalue weighted by Gasteiger charge is 2.27. The van der Waals surface area contributed by atoms with Crippen LogP contribution < -0.4 is 5.14 Å². The number of nitrogens with zero attached hydrogens (tertiary/aromatic N) is 1. The first-order chi connectivity index (χ1) is 7.45. The fourth-order valence-corrected chi connectivity index (χ4v) is 2.46. The lowest BCUT2D eigenvalue weighted by atomic mass is 9.79. The smallest absolute Gasteiger partial charge is 0.238 e. The molecular formula is C10H14N2O3S. The van der Waals surface area contributed by atoms with E-state index in [2.05, 4.69) is 4.98 Å². The molecule has 1 aromatic heterocycles. The van der Waals surface area contributed by atoms with Gasteiger partial charge in [-0.2, -0.15) is 0 Å². The van der Waals surface area contributed by atoms with Crippen molar-refractivity contribution in [2.24, 2.45) is 11.1 Å². The summed E-state index contributed by atoms with van der Waals surface area (Å²) >= 11 is 0. The lowest BCUT2D eigenvalue weighted by molar-refractivity contribution is 0.0428. The van der Waals surface area contributed by atoms with E-state index in [0.717, 1.165) is 12.8 Å². The quantitative estimate of drug-likeness (QED) is 0.782. The molecule has 16 heavy (non-hydrogen) atoms. The molecule has 0 bridgehead atoms. The number of aliphatic hydroxyl groups excluding tert-OH is 1. The number of hydrogen-bond acceptors (Lipinski definition) is 4. The van der Waals surface area contributed by atoms with Crippen LogP contribution in [0.5, 0.6) is 0 Å². The summed E-state index contributed by atoms with van der Waals surface area (Å²) in [4.78, 5) is 4.19. The molecule has 0 saturated heterocycles. The molecule has 0 atom stereocenters. The van der Waals surface area contributed by atoms with Crippen molar-refractivity contribution in [1.29, 1.82) is 0 Å². The molecule has 3 N–H and O–H groups in total. The Labute approximate surface area is 94.4 Å². The summed E-state index contributed by atoms with van der Waals surface area (Å²) in [5.74, 6) is 0.401. The standard InChI is InChI=1S/C10H14N2O3S/c11-16(14,15)10-1-2-12-8(6-10)3-7-4-9(13)5-7/h1-2,6-7,9,13H,3-5H2,(H2,11,14,15). The molecule has 5 nitrogen and oxygen atoms in total. The predicted molar refractivity (Wildman–Crippen MR) is 58.0 cm³/mol. The van der Waals surface area contributed by atoms with Gasteiger partial charge in [-0.1, -0.05) is 0 Å². The van der Waals surface area contributed by atoms with E-state index in [0.29, 0.717) is 18.0 Å². The van der Waals surface area contributed by atoms with Crippen LogP contribution in [0.4, 0.5) is 0 Å². The molecule has 0 spiro atoms. The maximum Gasteiger partial charge on any atom is 0.238 e. The Kier molecular flexibility index (Phi) is 2.96. The van der Waals surface area contributed by atoms with Crippen molar-refractivity contribution < 1.29 is 13.5 Å². The minimum absolute atomic E-state index is 0.0948. The Hall–Kier alpha value is -0.980. The summed E-state index contributed by atoms with van der Waals surface area (Å²) < 4.78 is 22.2. The zero-order valence-electron chi connectivity index (χ0n) is 8.70. The fourth-order valence-electron chi connectivity index (χ4n) is 1.91. The van der Waals surface area contributed by atoms with Crippen LogP contribution in [0.2, 0.25) is 0 Å². The van der Waals surface area contributed by atoms with Gasteiger partial charge >= 0.3 is 0 Å². The van der Waals surface area contributed by atoms with Gasteiger partial charge in [0.1, 0.15) is 0 Å². The number of nitrogens with two attached hydrogens (primary N) is 1. The van der Waals surface area contributed by atoms with E-state index in [4.69, 9.17) is 10.2 Å². The topological polar surface area (TPSA) is 93.3 Å². The van der Waals surface area contributed by atoms with E-state index in [1.165, 1.54) is 18.3 Å². The second-order valence-corrected chi connectivity index (χ2v) is 5.78. The SMILES string of the molecule is NS(=O)(=O)c1ccnc(CC2CC(O)C2)c1. The predicted octanol–water partition coefficient (Wildman–Crippen LogP) is 0.0424. The van der Waals surface area contributed by atoms with Crippen LogP contribution in [0.15, 0.2) is 23.2 Å². The van der Waals surface area contributed by atoms with Crippen molar-refractivity contribution in [2.45, 2.75) is 30.3 Å². The van der Waals surface area contributed by atoms with Gasteiger partial charge in [0.05, 0.1) is 11.0 Å². The first-order valence-electron chi connectivity index (χ1n) is 5.11. The molecule has 88 valence electrons. The molecule has 1 aromatic rings. The maximum absolute atomic E-state index is 11.1. The van der Waals surface area contributed by atoms with Crippen LogP contribution in [0.1, 0.15) is 18.5 Å². The Bertz CT molecular complexity index is 481. The second kappa shape index (κ2) is 4.12. The van der Waals surface area contributed by atoms with Crippen LogP contribution in [-0.2, 0) is 16.4 Å². The molecule has 0 aromatic carbocycles. The Morgan fingerprint density at radius 3 is 2.75 bits per heavy atom. The van der Waals surface area contributed by atoms with Gasteiger partial charge in [-0.3, -0.25) is 4.98 Å². The first kappa shape index (κ1) is 11.5. The van der Waals surface area contributed by atoms with E-state index in [1.54, 1.807) is 0 Å². The molecule has 1 saturated carbocycles. The lowest BCUT2D eigenvalue weighted by Gasteiger charge is -2.31. The van der Waals surface area contributed by atoms with E-state index in [1.807, 2.05) is 0 Å². The van der Waals surface area contributed by atoms with Gasteiger partial charge < -0.3 is 5.11 Å². The van der Waals surface area contributed by atoms with Crippen molar-refractivity contribution in [3.05, 3.63) is 24.0 Å². The van der Waals surface area contributed by atoms with Gasteiger partial charge in [0.25, 0.3) is 0 Å². The van der Waals surface area contributed by atoms with E-state index < -0.39 is 10.0 Å². The average Bonchev–Trinajstić information content (AvgIpc) is 2.14. The van der Waals surface area contributed by atoms with Crippen LogP contribution in [0.25, 0.3) is 0 Å². The highest BCUT2D eigenvalue weighted by atomic mass is 32.2. The molecule has 1 aliphatic rings. The molecule has 1 aliphatic carbocycles. The summed E-state index contributed by atoms with van der Waals surface area (Å²) in [6.45, 7) is 0. The minimum atomic E-state index is -3.65. The number of pyridine rings is 1. The highest BCUT2D eigenvalue weighted by Crippen LogP contribution is 2.30. The summed E-state index contributed by atoms with van der Waals surface area (Å²) in [6.07, 6.45) is 3.47. The monoisotopic (exact) mass is 242 g/mol. The highest BCUT2D eigenvalue weighted by molar-refractivity contribution is 7.89. The molecule has 0 aliphatic heterocycles. The summed E-state index contributed by atoms with van der Waals surface area (Å²) in [5.41, 5.74) is 0.712. The number of sulfonamides is 1. The number of aromatic nitrogens is 1. The van der Waals surface area contributed by atoms with E-state index in [9.17, 15) is 8.42 Å². The fraction of sp³-hybridized carbons (Fsp3) is 0.500. The summed E-state index contributed by atoms with van der Waals surface area (Å²) in [6, 6.07) is 2.88. The molecular weight excluding hydrogens is 228 g/mol. The zero-order valence-corrected chi connectivity index (χ0v) is 9.52. The van der Waals surface area contributed by atoms with Gasteiger partial charge in [0.2, 0.25) is 10.0 Å². The number of hydrogen-bond donors (Lipinski definition) is 2. The van der Waals surface area contributed by atoms with Crippen molar-refractivity contribution in [3.63, 3.8) is 0 Å². The third kappa shape index (κ3) is 2.58. The number of rotatable bonds is 3. The molecule has 6 heteroatoms. The van der Waals surface area contributed by atoms with Crippen molar-refractivity contribution >= 4 is 10.0 Å². The van der Waals surface area contributed by atoms with Gasteiger partial charge in [0.15, 0.2) is 0 Å². The van der Waals surface area contributed by atoms with Crippen molar-refractivity contribution in [1.82, 2.24) is 4.98 Å². The average molecular weight is 242 g/mol. The Morgan fingerprint density at radius 1 is 1.50 bits per heavy atom. The minimum Gasteiger partial charge on any atom is -0.393 e. The lowest BCUT2D eigenvalue weighted by Crippen LogP contribution is -2.30. The van der Waals surface area contributed by atoms with Gasteiger partial charge in [-0.25, -0.2) is 13.6 Å². The normalized spacial score (nSPS) is 25.1. The van der Waals surface area contributed by atoms with Gasteiger partial charge in [0, 0.05) is 11.9 Å². The van der Waals surface area contributed by atoms with E-state index in [-0.39, 0.29) is 11.0 Å². The van der Waals surface area contributed by atoms with Crippen LogP contribution in [0.3, 0.4) is 0 Å². The van der Waals surface area contributed by atoms with Crippen LogP contribution >= 0.6 is 0 Å². The molecule has 1 fully saturated rings. The molecule has 0 radical (unpaired) electrons. The van der Waals surface area contributed by atoms with Gasteiger partial charge in [-0.15, -0.1) is 0 Å². The molecule has 0 unspecified atom stereocenters. The number of primary sulfonamides is 1. The third-order valence-corrected chi connectivity index (χ3v) is 3.74. The summed E-state index contributed by atoms with van der Waals surface area (Å²) in [7, 11) is -3.65. The van der Waals surface area contributed by atoms with Crippen molar-refractivity contribution in [3.8, 4) is 0 Å². The van der Waals surface area contributed by atoms with Crippen LogP contribution in [0, 0.1) is 5.92 Å². The first-order valence-corrected chi connectivity index (χ1v) is 6.65. The van der Waals surface area contributed by atoms with E-state index >= 15 is 0 Å².